The first-order valence-electron chi connectivity index (χ1n) is 4.88. The Kier molecular flexibility index (Phi) is 6.44. The summed E-state index contributed by atoms with van der Waals surface area (Å²) in [6, 6.07) is -0.500. The van der Waals surface area contributed by atoms with E-state index in [1.165, 1.54) is 0 Å². The number of rotatable bonds is 6. The van der Waals surface area contributed by atoms with Gasteiger partial charge in [-0.25, -0.2) is 0 Å². The van der Waals surface area contributed by atoms with Crippen molar-refractivity contribution in [3.8, 4) is 0 Å². The summed E-state index contributed by atoms with van der Waals surface area (Å²) in [5, 5.41) is 21.8. The number of hydrogen-bond acceptors (Lipinski definition) is 3. The third kappa shape index (κ3) is 5.90. The average Bonchev–Trinajstić information content (AvgIpc) is 2.16. The summed E-state index contributed by atoms with van der Waals surface area (Å²) < 4.78 is 0. The molecule has 0 rings (SSSR count). The molecule has 0 fully saturated rings. The van der Waals surface area contributed by atoms with Crippen molar-refractivity contribution in [1.82, 2.24) is 15.5 Å². The Labute approximate surface area is 90.2 Å². The molecular formula is C9H20N4O2. The summed E-state index contributed by atoms with van der Waals surface area (Å²) in [7, 11) is 5.19. The predicted octanol–water partition coefficient (Wildman–Crippen LogP) is -0.475. The molecule has 0 aliphatic heterocycles. The Morgan fingerprint density at radius 3 is 2.53 bits per heavy atom. The summed E-state index contributed by atoms with van der Waals surface area (Å²) in [5.74, 6) is -0.494. The second-order valence-corrected chi connectivity index (χ2v) is 3.49. The second kappa shape index (κ2) is 7.05. The first-order valence-corrected chi connectivity index (χ1v) is 4.88. The summed E-state index contributed by atoms with van der Waals surface area (Å²) in [5.41, 5.74) is 0. The molecule has 1 atom stereocenters. The highest BCUT2D eigenvalue weighted by Crippen LogP contribution is 1.95. The van der Waals surface area contributed by atoms with Crippen molar-refractivity contribution in [3.05, 3.63) is 0 Å². The largest absolute Gasteiger partial charge is 0.480 e. The van der Waals surface area contributed by atoms with Crippen LogP contribution in [0.2, 0.25) is 0 Å². The molecule has 0 aliphatic carbocycles. The van der Waals surface area contributed by atoms with Gasteiger partial charge in [-0.1, -0.05) is 0 Å². The van der Waals surface area contributed by atoms with Crippen molar-refractivity contribution in [2.45, 2.75) is 18.9 Å². The Hall–Kier alpha value is -1.30. The van der Waals surface area contributed by atoms with Gasteiger partial charge in [-0.2, -0.15) is 0 Å². The number of carboxylic acid groups (broad SMARTS) is 1. The smallest absolute Gasteiger partial charge is 0.320 e. The van der Waals surface area contributed by atoms with Crippen LogP contribution < -0.4 is 10.6 Å². The lowest BCUT2D eigenvalue weighted by Crippen LogP contribution is -2.37. The summed E-state index contributed by atoms with van der Waals surface area (Å²) in [4.78, 5) is 12.3. The van der Waals surface area contributed by atoms with Crippen molar-refractivity contribution in [3.63, 3.8) is 0 Å². The standard InChI is InChI=1S/C9H20N4O2/c1-11-7(8(14)15)5-4-6-12-9(10)13(2)3/h7,11H,4-6H2,1-3H3,(H2,10,12)(H,14,15)/t7-/m0/s1. The maximum absolute atomic E-state index is 10.6. The third-order valence-corrected chi connectivity index (χ3v) is 2.06. The molecule has 88 valence electrons. The number of likely N-dealkylation sites (N-methyl/N-ethyl adjacent to an activating group) is 1. The van der Waals surface area contributed by atoms with Gasteiger partial charge in [0.1, 0.15) is 6.04 Å². The van der Waals surface area contributed by atoms with E-state index in [0.717, 1.165) is 0 Å². The van der Waals surface area contributed by atoms with Gasteiger partial charge in [0.15, 0.2) is 5.96 Å². The molecule has 0 unspecified atom stereocenters. The van der Waals surface area contributed by atoms with Gasteiger partial charge in [0.05, 0.1) is 0 Å². The Morgan fingerprint density at radius 2 is 2.13 bits per heavy atom. The van der Waals surface area contributed by atoms with Gasteiger partial charge in [0, 0.05) is 20.6 Å². The maximum atomic E-state index is 10.6. The minimum Gasteiger partial charge on any atom is -0.480 e. The molecule has 0 spiro atoms. The van der Waals surface area contributed by atoms with Crippen LogP contribution in [-0.2, 0) is 4.79 Å². The van der Waals surface area contributed by atoms with Crippen molar-refractivity contribution >= 4 is 11.9 Å². The van der Waals surface area contributed by atoms with Crippen LogP contribution in [0.1, 0.15) is 12.8 Å². The topological polar surface area (TPSA) is 88.5 Å². The van der Waals surface area contributed by atoms with Crippen LogP contribution in [0.25, 0.3) is 0 Å². The van der Waals surface area contributed by atoms with E-state index in [1.54, 1.807) is 26.0 Å². The number of guanidine groups is 1. The number of nitrogens with zero attached hydrogens (tertiary/aromatic N) is 1. The molecule has 0 bridgehead atoms. The van der Waals surface area contributed by atoms with Crippen LogP contribution in [0.4, 0.5) is 0 Å². The van der Waals surface area contributed by atoms with Crippen molar-refractivity contribution in [2.24, 2.45) is 0 Å². The minimum absolute atomic E-state index is 0.339. The normalized spacial score (nSPS) is 11.9. The number of carboxylic acids is 1. The first kappa shape index (κ1) is 13.7. The fraction of sp³-hybridized carbons (Fsp3) is 0.778. The van der Waals surface area contributed by atoms with E-state index in [4.69, 9.17) is 10.5 Å². The average molecular weight is 216 g/mol. The highest BCUT2D eigenvalue weighted by atomic mass is 16.4. The zero-order valence-corrected chi connectivity index (χ0v) is 9.50. The molecule has 0 aromatic rings. The second-order valence-electron chi connectivity index (χ2n) is 3.49. The Bertz CT molecular complexity index is 218. The van der Waals surface area contributed by atoms with E-state index in [1.807, 2.05) is 0 Å². The van der Waals surface area contributed by atoms with Gasteiger partial charge in [0.25, 0.3) is 0 Å². The summed E-state index contributed by atoms with van der Waals surface area (Å²) >= 11 is 0. The highest BCUT2D eigenvalue weighted by Gasteiger charge is 2.13. The molecule has 0 aliphatic rings. The van der Waals surface area contributed by atoms with Crippen LogP contribution in [0, 0.1) is 5.41 Å². The van der Waals surface area contributed by atoms with Crippen molar-refractivity contribution in [1.29, 1.82) is 5.41 Å². The lowest BCUT2D eigenvalue weighted by molar-refractivity contribution is -0.139. The summed E-state index contributed by atoms with van der Waals surface area (Å²) in [6.45, 7) is 0.614. The van der Waals surface area contributed by atoms with Gasteiger partial charge in [-0.15, -0.1) is 0 Å². The zero-order valence-electron chi connectivity index (χ0n) is 9.50. The van der Waals surface area contributed by atoms with E-state index in [-0.39, 0.29) is 0 Å². The monoisotopic (exact) mass is 216 g/mol. The zero-order chi connectivity index (χ0) is 11.8. The van der Waals surface area contributed by atoms with E-state index in [2.05, 4.69) is 10.6 Å². The first-order chi connectivity index (χ1) is 6.99. The number of hydrogen-bond donors (Lipinski definition) is 4. The van der Waals surface area contributed by atoms with Crippen molar-refractivity contribution < 1.29 is 9.90 Å². The molecule has 0 saturated carbocycles. The fourth-order valence-electron chi connectivity index (χ4n) is 1.06. The fourth-order valence-corrected chi connectivity index (χ4v) is 1.06. The highest BCUT2D eigenvalue weighted by molar-refractivity contribution is 5.76. The third-order valence-electron chi connectivity index (χ3n) is 2.06. The SMILES string of the molecule is CN[C@@H](CCCNC(=N)N(C)C)C(=O)O. The Morgan fingerprint density at radius 1 is 1.53 bits per heavy atom. The molecule has 6 heteroatoms. The maximum Gasteiger partial charge on any atom is 0.320 e. The molecule has 0 aromatic heterocycles. The lowest BCUT2D eigenvalue weighted by Gasteiger charge is -2.16. The Balaban J connectivity index is 3.61. The van der Waals surface area contributed by atoms with E-state index in [0.29, 0.717) is 25.3 Å². The molecule has 15 heavy (non-hydrogen) atoms. The summed E-state index contributed by atoms with van der Waals surface area (Å²) in [6.07, 6.45) is 1.27. The number of carbonyl (C=O) groups is 1. The van der Waals surface area contributed by atoms with Crippen LogP contribution >= 0.6 is 0 Å². The molecule has 4 N–H and O–H groups in total. The van der Waals surface area contributed by atoms with E-state index >= 15 is 0 Å². The molecule has 6 nitrogen and oxygen atoms in total. The lowest BCUT2D eigenvalue weighted by atomic mass is 10.1. The number of nitrogens with one attached hydrogen (secondary N) is 3. The predicted molar refractivity (Wildman–Crippen MR) is 59.1 cm³/mol. The van der Waals surface area contributed by atoms with Gasteiger partial charge in [0.2, 0.25) is 0 Å². The quantitative estimate of drug-likeness (QED) is 0.274. The van der Waals surface area contributed by atoms with Gasteiger partial charge >= 0.3 is 5.97 Å². The molecule has 0 saturated heterocycles. The molecule has 0 aromatic carbocycles. The van der Waals surface area contributed by atoms with E-state index in [9.17, 15) is 4.79 Å². The molecule has 0 radical (unpaired) electrons. The van der Waals surface area contributed by atoms with E-state index < -0.39 is 12.0 Å². The van der Waals surface area contributed by atoms with Gasteiger partial charge in [-0.05, 0) is 19.9 Å². The van der Waals surface area contributed by atoms with Crippen LogP contribution in [0.5, 0.6) is 0 Å². The minimum atomic E-state index is -0.833. The van der Waals surface area contributed by atoms with Gasteiger partial charge in [-0.3, -0.25) is 10.2 Å². The number of aliphatic carboxylic acids is 1. The van der Waals surface area contributed by atoms with Crippen molar-refractivity contribution in [2.75, 3.05) is 27.7 Å². The van der Waals surface area contributed by atoms with Crippen LogP contribution in [0.3, 0.4) is 0 Å². The molecule has 0 heterocycles. The molecule has 0 amide bonds. The van der Waals surface area contributed by atoms with Gasteiger partial charge < -0.3 is 20.6 Å². The van der Waals surface area contributed by atoms with Crippen LogP contribution in [-0.4, -0.2) is 55.7 Å². The molecular weight excluding hydrogens is 196 g/mol. The van der Waals surface area contributed by atoms with Crippen LogP contribution in [0.15, 0.2) is 0 Å².